The molecule has 0 N–H and O–H groups in total. The zero-order chi connectivity index (χ0) is 12.4. The predicted octanol–water partition coefficient (Wildman–Crippen LogP) is 0.946. The number of carbonyl (C=O) groups excluding carboxylic acids is 2. The van der Waals surface area contributed by atoms with Gasteiger partial charge in [-0.1, -0.05) is 12.1 Å². The van der Waals surface area contributed by atoms with Gasteiger partial charge in [-0.2, -0.15) is 0 Å². The first-order valence-corrected chi connectivity index (χ1v) is 5.12. The van der Waals surface area contributed by atoms with Gasteiger partial charge in [-0.25, -0.2) is 0 Å². The first-order chi connectivity index (χ1) is 8.17. The molecule has 0 saturated heterocycles. The third kappa shape index (κ3) is 1.95. The summed E-state index contributed by atoms with van der Waals surface area (Å²) in [5, 5.41) is 0. The monoisotopic (exact) mass is 236 g/mol. The topological polar surface area (TPSA) is 61.8 Å². The van der Waals surface area contributed by atoms with Gasteiger partial charge in [-0.3, -0.25) is 9.59 Å². The average molecular weight is 236 g/mol. The molecule has 0 fully saturated rings. The summed E-state index contributed by atoms with van der Waals surface area (Å²) < 4.78 is 14.8. The van der Waals surface area contributed by atoms with Crippen LogP contribution >= 0.6 is 0 Å². The van der Waals surface area contributed by atoms with Crippen molar-refractivity contribution in [2.45, 2.75) is 6.42 Å². The number of para-hydroxylation sites is 1. The minimum atomic E-state index is -0.889. The molecule has 0 aromatic heterocycles. The fourth-order valence-electron chi connectivity index (χ4n) is 1.80. The lowest BCUT2D eigenvalue weighted by molar-refractivity contribution is -0.156. The molecule has 90 valence electrons. The zero-order valence-electron chi connectivity index (χ0n) is 9.56. The molecule has 1 aliphatic rings. The maximum atomic E-state index is 11.6. The van der Waals surface area contributed by atoms with Crippen molar-refractivity contribution in [1.29, 1.82) is 0 Å². The number of carbonyl (C=O) groups is 2. The Kier molecular flexibility index (Phi) is 2.99. The van der Waals surface area contributed by atoms with Crippen LogP contribution in [0, 0.1) is 5.92 Å². The summed E-state index contributed by atoms with van der Waals surface area (Å²) in [5.74, 6) is -1.20. The van der Waals surface area contributed by atoms with E-state index in [0.717, 1.165) is 5.56 Å². The van der Waals surface area contributed by atoms with Crippen LogP contribution in [0.3, 0.4) is 0 Å². The maximum absolute atomic E-state index is 11.6. The summed E-state index contributed by atoms with van der Waals surface area (Å²) in [7, 11) is 2.74. The summed E-state index contributed by atoms with van der Waals surface area (Å²) in [6.07, 6.45) is 0.276. The number of hydrogen-bond donors (Lipinski definition) is 0. The van der Waals surface area contributed by atoms with Gasteiger partial charge >= 0.3 is 11.9 Å². The van der Waals surface area contributed by atoms with E-state index in [4.69, 9.17) is 9.47 Å². The van der Waals surface area contributed by atoms with Gasteiger partial charge in [-0.05, 0) is 6.07 Å². The second-order valence-electron chi connectivity index (χ2n) is 3.65. The van der Waals surface area contributed by atoms with Crippen LogP contribution in [0.4, 0.5) is 0 Å². The maximum Gasteiger partial charge on any atom is 0.326 e. The molecular formula is C12H12O5. The van der Waals surface area contributed by atoms with Crippen LogP contribution < -0.4 is 9.47 Å². The number of rotatable bonds is 2. The molecule has 17 heavy (non-hydrogen) atoms. The second kappa shape index (κ2) is 4.45. The standard InChI is InChI=1S/C12H12O5/c1-15-9-5-3-4-7-6-8(11(13)16-2)12(14)17-10(7)9/h3-5,8H,6H2,1-2H3. The lowest BCUT2D eigenvalue weighted by atomic mass is 9.96. The first-order valence-electron chi connectivity index (χ1n) is 5.12. The SMILES string of the molecule is COC(=O)C1Cc2cccc(OC)c2OC1=O. The highest BCUT2D eigenvalue weighted by molar-refractivity contribution is 5.97. The van der Waals surface area contributed by atoms with Crippen LogP contribution in [0.15, 0.2) is 18.2 Å². The Morgan fingerprint density at radius 3 is 2.82 bits per heavy atom. The van der Waals surface area contributed by atoms with E-state index >= 15 is 0 Å². The van der Waals surface area contributed by atoms with Crippen molar-refractivity contribution in [2.75, 3.05) is 14.2 Å². The largest absolute Gasteiger partial charge is 0.493 e. The highest BCUT2D eigenvalue weighted by Gasteiger charge is 2.36. The number of esters is 2. The minimum Gasteiger partial charge on any atom is -0.493 e. The van der Waals surface area contributed by atoms with E-state index in [9.17, 15) is 9.59 Å². The summed E-state index contributed by atoms with van der Waals surface area (Å²) in [6, 6.07) is 5.27. The third-order valence-electron chi connectivity index (χ3n) is 2.68. The van der Waals surface area contributed by atoms with Crippen LogP contribution in [-0.2, 0) is 20.7 Å². The highest BCUT2D eigenvalue weighted by Crippen LogP contribution is 2.36. The van der Waals surface area contributed by atoms with Crippen LogP contribution in [0.5, 0.6) is 11.5 Å². The van der Waals surface area contributed by atoms with Crippen molar-refractivity contribution < 1.29 is 23.8 Å². The Morgan fingerprint density at radius 2 is 2.18 bits per heavy atom. The normalized spacial score (nSPS) is 18.0. The van der Waals surface area contributed by atoms with Gasteiger partial charge in [0.1, 0.15) is 0 Å². The van der Waals surface area contributed by atoms with Crippen molar-refractivity contribution in [2.24, 2.45) is 5.92 Å². The Morgan fingerprint density at radius 1 is 1.41 bits per heavy atom. The Balaban J connectivity index is 2.36. The van der Waals surface area contributed by atoms with E-state index < -0.39 is 17.9 Å². The number of benzene rings is 1. The molecule has 1 aromatic rings. The molecule has 2 rings (SSSR count). The minimum absolute atomic E-state index is 0.276. The molecule has 0 amide bonds. The summed E-state index contributed by atoms with van der Waals surface area (Å²) in [5.41, 5.74) is 0.763. The molecular weight excluding hydrogens is 224 g/mol. The Labute approximate surface area is 98.3 Å². The summed E-state index contributed by atoms with van der Waals surface area (Å²) in [6.45, 7) is 0. The van der Waals surface area contributed by atoms with Gasteiger partial charge in [0.25, 0.3) is 0 Å². The van der Waals surface area contributed by atoms with Crippen molar-refractivity contribution in [3.63, 3.8) is 0 Å². The molecule has 1 aromatic carbocycles. The van der Waals surface area contributed by atoms with Crippen molar-refractivity contribution >= 4 is 11.9 Å². The molecule has 0 saturated carbocycles. The van der Waals surface area contributed by atoms with Gasteiger partial charge in [-0.15, -0.1) is 0 Å². The molecule has 1 unspecified atom stereocenters. The van der Waals surface area contributed by atoms with Crippen molar-refractivity contribution in [1.82, 2.24) is 0 Å². The lowest BCUT2D eigenvalue weighted by Gasteiger charge is -2.22. The number of fused-ring (bicyclic) bond motifs is 1. The Bertz CT molecular complexity index is 466. The molecule has 5 nitrogen and oxygen atoms in total. The van der Waals surface area contributed by atoms with Crippen LogP contribution in [-0.4, -0.2) is 26.2 Å². The van der Waals surface area contributed by atoms with Crippen molar-refractivity contribution in [3.05, 3.63) is 23.8 Å². The number of methoxy groups -OCH3 is 2. The van der Waals surface area contributed by atoms with E-state index in [2.05, 4.69) is 4.74 Å². The van der Waals surface area contributed by atoms with Gasteiger partial charge in [0.15, 0.2) is 17.4 Å². The van der Waals surface area contributed by atoms with E-state index in [1.165, 1.54) is 14.2 Å². The van der Waals surface area contributed by atoms with Crippen LogP contribution in [0.25, 0.3) is 0 Å². The average Bonchev–Trinajstić information content (AvgIpc) is 2.36. The van der Waals surface area contributed by atoms with E-state index in [1.54, 1.807) is 18.2 Å². The molecule has 0 bridgehead atoms. The zero-order valence-corrected chi connectivity index (χ0v) is 9.56. The summed E-state index contributed by atoms with van der Waals surface area (Å²) >= 11 is 0. The van der Waals surface area contributed by atoms with Gasteiger partial charge < -0.3 is 14.2 Å². The second-order valence-corrected chi connectivity index (χ2v) is 3.65. The van der Waals surface area contributed by atoms with Crippen molar-refractivity contribution in [3.8, 4) is 11.5 Å². The molecule has 5 heteroatoms. The predicted molar refractivity (Wildman–Crippen MR) is 57.8 cm³/mol. The van der Waals surface area contributed by atoms with Gasteiger partial charge in [0.05, 0.1) is 14.2 Å². The fourth-order valence-corrected chi connectivity index (χ4v) is 1.80. The molecule has 0 spiro atoms. The van der Waals surface area contributed by atoms with Gasteiger partial charge in [0.2, 0.25) is 0 Å². The number of ether oxygens (including phenoxy) is 3. The van der Waals surface area contributed by atoms with Gasteiger partial charge in [0, 0.05) is 12.0 Å². The van der Waals surface area contributed by atoms with Crippen LogP contribution in [0.2, 0.25) is 0 Å². The van der Waals surface area contributed by atoms with E-state index in [-0.39, 0.29) is 6.42 Å². The highest BCUT2D eigenvalue weighted by atomic mass is 16.6. The lowest BCUT2D eigenvalue weighted by Crippen LogP contribution is -2.34. The number of hydrogen-bond acceptors (Lipinski definition) is 5. The van der Waals surface area contributed by atoms with E-state index in [1.807, 2.05) is 0 Å². The molecule has 1 aliphatic heterocycles. The molecule has 0 aliphatic carbocycles. The fraction of sp³-hybridized carbons (Fsp3) is 0.333. The quantitative estimate of drug-likeness (QED) is 0.434. The molecule has 1 heterocycles. The summed E-state index contributed by atoms with van der Waals surface area (Å²) in [4.78, 5) is 23.0. The molecule has 1 atom stereocenters. The van der Waals surface area contributed by atoms with Crippen LogP contribution in [0.1, 0.15) is 5.56 Å². The smallest absolute Gasteiger partial charge is 0.326 e. The first kappa shape index (κ1) is 11.4. The Hall–Kier alpha value is -2.04. The third-order valence-corrected chi connectivity index (χ3v) is 2.68. The molecule has 0 radical (unpaired) electrons. The van der Waals surface area contributed by atoms with E-state index in [0.29, 0.717) is 11.5 Å².